The standard InChI is InChI=1S/C19H26F3N3O4S2/c1-24-12-8-18(9-13-24,17(26)23-27)31(28,29)25-10-6-16(7-11-25)30-15-4-2-14(3-5-15)19(20,21)22/h2-5,16,27H,6-13H2,1H3,(H,23,26). The highest BCUT2D eigenvalue weighted by Gasteiger charge is 2.54. The first-order valence-corrected chi connectivity index (χ1v) is 12.3. The molecule has 2 aliphatic heterocycles. The molecule has 2 heterocycles. The fraction of sp³-hybridized carbons (Fsp3) is 0.632. The van der Waals surface area contributed by atoms with Crippen LogP contribution in [-0.2, 0) is 21.0 Å². The monoisotopic (exact) mass is 481 g/mol. The number of halogens is 3. The normalized spacial score (nSPS) is 21.7. The second-order valence-corrected chi connectivity index (χ2v) is 11.6. The van der Waals surface area contributed by atoms with Crippen LogP contribution in [0.25, 0.3) is 0 Å². The van der Waals surface area contributed by atoms with Crippen molar-refractivity contribution in [2.24, 2.45) is 0 Å². The van der Waals surface area contributed by atoms with Crippen molar-refractivity contribution in [2.75, 3.05) is 33.2 Å². The molecule has 1 aromatic rings. The van der Waals surface area contributed by atoms with Crippen molar-refractivity contribution in [3.63, 3.8) is 0 Å². The van der Waals surface area contributed by atoms with E-state index in [-0.39, 0.29) is 31.2 Å². The number of thioether (sulfide) groups is 1. The zero-order chi connectivity index (χ0) is 22.9. The van der Waals surface area contributed by atoms with Gasteiger partial charge in [0.05, 0.1) is 5.56 Å². The molecule has 12 heteroatoms. The van der Waals surface area contributed by atoms with Crippen LogP contribution in [0.15, 0.2) is 29.2 Å². The van der Waals surface area contributed by atoms with Gasteiger partial charge in [-0.3, -0.25) is 10.0 Å². The molecule has 2 aliphatic rings. The number of hydrogen-bond donors (Lipinski definition) is 2. The van der Waals surface area contributed by atoms with Crippen LogP contribution in [-0.4, -0.2) is 72.0 Å². The minimum absolute atomic E-state index is 0.0586. The van der Waals surface area contributed by atoms with E-state index in [1.807, 2.05) is 11.9 Å². The molecule has 0 atom stereocenters. The number of benzene rings is 1. The second kappa shape index (κ2) is 9.26. The number of piperidine rings is 2. The Morgan fingerprint density at radius 2 is 1.68 bits per heavy atom. The Labute approximate surface area is 184 Å². The molecule has 0 bridgehead atoms. The van der Waals surface area contributed by atoms with Gasteiger partial charge in [-0.25, -0.2) is 18.2 Å². The number of likely N-dealkylation sites (tertiary alicyclic amines) is 1. The molecule has 3 rings (SSSR count). The number of nitrogens with zero attached hydrogens (tertiary/aromatic N) is 2. The Hall–Kier alpha value is -1.34. The molecule has 0 aromatic heterocycles. The van der Waals surface area contributed by atoms with Crippen LogP contribution in [0.3, 0.4) is 0 Å². The van der Waals surface area contributed by atoms with E-state index in [1.54, 1.807) is 5.48 Å². The third kappa shape index (κ3) is 5.03. The summed E-state index contributed by atoms with van der Waals surface area (Å²) < 4.78 is 64.5. The molecule has 2 saturated heterocycles. The van der Waals surface area contributed by atoms with E-state index in [4.69, 9.17) is 0 Å². The maximum Gasteiger partial charge on any atom is 0.416 e. The van der Waals surface area contributed by atoms with E-state index >= 15 is 0 Å². The lowest BCUT2D eigenvalue weighted by molar-refractivity contribution is -0.137. The van der Waals surface area contributed by atoms with Gasteiger partial charge in [-0.2, -0.15) is 13.2 Å². The highest BCUT2D eigenvalue weighted by atomic mass is 32.2. The predicted octanol–water partition coefficient (Wildman–Crippen LogP) is 2.56. The summed E-state index contributed by atoms with van der Waals surface area (Å²) in [6, 6.07) is 4.93. The summed E-state index contributed by atoms with van der Waals surface area (Å²) in [5.41, 5.74) is 0.839. The molecular weight excluding hydrogens is 455 g/mol. The summed E-state index contributed by atoms with van der Waals surface area (Å²) in [7, 11) is -2.15. The SMILES string of the molecule is CN1CCC(C(=O)NO)(S(=O)(=O)N2CCC(Sc3ccc(C(F)(F)F)cc3)CC2)CC1. The van der Waals surface area contributed by atoms with Gasteiger partial charge in [0, 0.05) is 23.2 Å². The Morgan fingerprint density at radius 1 is 1.13 bits per heavy atom. The van der Waals surface area contributed by atoms with Gasteiger partial charge in [-0.05, 0) is 70.1 Å². The zero-order valence-electron chi connectivity index (χ0n) is 17.1. The summed E-state index contributed by atoms with van der Waals surface area (Å²) in [6.07, 6.45) is -3.16. The molecule has 2 fully saturated rings. The molecule has 0 radical (unpaired) electrons. The minimum Gasteiger partial charge on any atom is -0.306 e. The number of hydrogen-bond acceptors (Lipinski definition) is 6. The van der Waals surface area contributed by atoms with Gasteiger partial charge in [0.2, 0.25) is 10.0 Å². The molecule has 7 nitrogen and oxygen atoms in total. The average molecular weight is 482 g/mol. The predicted molar refractivity (Wildman–Crippen MR) is 110 cm³/mol. The van der Waals surface area contributed by atoms with Crippen molar-refractivity contribution in [1.82, 2.24) is 14.7 Å². The lowest BCUT2D eigenvalue weighted by Gasteiger charge is -2.42. The summed E-state index contributed by atoms with van der Waals surface area (Å²) in [6.45, 7) is 1.29. The molecular formula is C19H26F3N3O4S2. The van der Waals surface area contributed by atoms with Gasteiger partial charge >= 0.3 is 6.18 Å². The number of amides is 1. The molecule has 0 saturated carbocycles. The van der Waals surface area contributed by atoms with Gasteiger partial charge in [0.1, 0.15) is 0 Å². The van der Waals surface area contributed by atoms with E-state index in [2.05, 4.69) is 0 Å². The van der Waals surface area contributed by atoms with E-state index in [1.165, 1.54) is 28.2 Å². The quantitative estimate of drug-likeness (QED) is 0.496. The Kier molecular flexibility index (Phi) is 7.26. The van der Waals surface area contributed by atoms with Crippen molar-refractivity contribution in [3.05, 3.63) is 29.8 Å². The fourth-order valence-corrected chi connectivity index (χ4v) is 7.32. The van der Waals surface area contributed by atoms with Crippen LogP contribution in [0.5, 0.6) is 0 Å². The summed E-state index contributed by atoms with van der Waals surface area (Å²) in [5.74, 6) is -0.901. The molecule has 1 amide bonds. The molecule has 31 heavy (non-hydrogen) atoms. The first kappa shape index (κ1) is 24.3. The van der Waals surface area contributed by atoms with Crippen LogP contribution in [0.2, 0.25) is 0 Å². The number of carbonyl (C=O) groups is 1. The molecule has 0 aliphatic carbocycles. The highest BCUT2D eigenvalue weighted by molar-refractivity contribution is 8.00. The van der Waals surface area contributed by atoms with Gasteiger partial charge in [-0.1, -0.05) is 0 Å². The topological polar surface area (TPSA) is 90.0 Å². The first-order valence-electron chi connectivity index (χ1n) is 9.96. The van der Waals surface area contributed by atoms with Crippen molar-refractivity contribution >= 4 is 27.7 Å². The van der Waals surface area contributed by atoms with Gasteiger partial charge in [-0.15, -0.1) is 11.8 Å². The molecule has 0 unspecified atom stereocenters. The second-order valence-electron chi connectivity index (χ2n) is 7.98. The van der Waals surface area contributed by atoms with Crippen LogP contribution in [0, 0.1) is 0 Å². The number of rotatable bonds is 5. The molecule has 0 spiro atoms. The van der Waals surface area contributed by atoms with Crippen molar-refractivity contribution in [1.29, 1.82) is 0 Å². The average Bonchev–Trinajstić information content (AvgIpc) is 2.74. The number of alkyl halides is 3. The molecule has 1 aromatic carbocycles. The maximum atomic E-state index is 13.4. The van der Waals surface area contributed by atoms with Crippen LogP contribution >= 0.6 is 11.8 Å². The van der Waals surface area contributed by atoms with Crippen LogP contribution in [0.4, 0.5) is 13.2 Å². The first-order chi connectivity index (χ1) is 14.5. The minimum atomic E-state index is -4.38. The molecule has 174 valence electrons. The van der Waals surface area contributed by atoms with Gasteiger partial charge in [0.15, 0.2) is 4.75 Å². The highest BCUT2D eigenvalue weighted by Crippen LogP contribution is 2.38. The van der Waals surface area contributed by atoms with Crippen molar-refractivity contribution < 1.29 is 31.6 Å². The third-order valence-electron chi connectivity index (χ3n) is 6.03. The number of carbonyl (C=O) groups excluding carboxylic acids is 1. The van der Waals surface area contributed by atoms with E-state index in [9.17, 15) is 31.6 Å². The number of nitrogens with one attached hydrogen (secondary N) is 1. The Balaban J connectivity index is 1.65. The van der Waals surface area contributed by atoms with E-state index < -0.39 is 32.4 Å². The number of sulfonamides is 1. The summed E-state index contributed by atoms with van der Waals surface area (Å²) in [4.78, 5) is 15.0. The Morgan fingerprint density at radius 3 is 2.16 bits per heavy atom. The fourth-order valence-electron chi connectivity index (χ4n) is 4.04. The largest absolute Gasteiger partial charge is 0.416 e. The van der Waals surface area contributed by atoms with Gasteiger partial charge < -0.3 is 4.90 Å². The van der Waals surface area contributed by atoms with E-state index in [0.717, 1.165) is 12.1 Å². The summed E-state index contributed by atoms with van der Waals surface area (Å²) in [5, 5.41) is 9.24. The Bertz CT molecular complexity index is 878. The van der Waals surface area contributed by atoms with Crippen LogP contribution < -0.4 is 5.48 Å². The lowest BCUT2D eigenvalue weighted by atomic mass is 9.95. The zero-order valence-corrected chi connectivity index (χ0v) is 18.7. The van der Waals surface area contributed by atoms with Crippen molar-refractivity contribution in [2.45, 2.75) is 46.8 Å². The van der Waals surface area contributed by atoms with Crippen molar-refractivity contribution in [3.8, 4) is 0 Å². The third-order valence-corrected chi connectivity index (χ3v) is 10.0. The lowest BCUT2D eigenvalue weighted by Crippen LogP contribution is -2.62. The maximum absolute atomic E-state index is 13.4. The number of hydroxylamine groups is 1. The molecule has 2 N–H and O–H groups in total. The van der Waals surface area contributed by atoms with Crippen LogP contribution in [0.1, 0.15) is 31.2 Å². The summed E-state index contributed by atoms with van der Waals surface area (Å²) >= 11 is 1.43. The smallest absolute Gasteiger partial charge is 0.306 e. The van der Waals surface area contributed by atoms with E-state index in [0.29, 0.717) is 30.8 Å². The van der Waals surface area contributed by atoms with Gasteiger partial charge in [0.25, 0.3) is 5.91 Å².